The van der Waals surface area contributed by atoms with Crippen molar-refractivity contribution in [2.75, 3.05) is 45.9 Å². The van der Waals surface area contributed by atoms with Gasteiger partial charge in [-0.25, -0.2) is 9.40 Å². The summed E-state index contributed by atoms with van der Waals surface area (Å²) < 4.78 is 20.1. The SMILES string of the molecule is Cc1ccc([C@@H]2CC(c3ccccc3F)=NN2C(=O)CN(CCN2CCOCC2)C(=O)CC(C)(C)C)cc1. The molecule has 1 fully saturated rings. The van der Waals surface area contributed by atoms with Gasteiger partial charge < -0.3 is 9.64 Å². The quantitative estimate of drug-likeness (QED) is 0.515. The van der Waals surface area contributed by atoms with Gasteiger partial charge in [0.15, 0.2) is 0 Å². The highest BCUT2D eigenvalue weighted by atomic mass is 19.1. The van der Waals surface area contributed by atoms with Crippen molar-refractivity contribution in [3.63, 3.8) is 0 Å². The molecule has 0 saturated carbocycles. The third-order valence-electron chi connectivity index (χ3n) is 6.96. The summed E-state index contributed by atoms with van der Waals surface area (Å²) >= 11 is 0. The molecule has 38 heavy (non-hydrogen) atoms. The zero-order valence-electron chi connectivity index (χ0n) is 23.0. The number of hydrazone groups is 1. The van der Waals surface area contributed by atoms with E-state index in [0.29, 0.717) is 50.4 Å². The number of hydrogen-bond acceptors (Lipinski definition) is 5. The number of benzene rings is 2. The lowest BCUT2D eigenvalue weighted by Gasteiger charge is -2.32. The smallest absolute Gasteiger partial charge is 0.262 e. The van der Waals surface area contributed by atoms with E-state index >= 15 is 0 Å². The summed E-state index contributed by atoms with van der Waals surface area (Å²) in [5, 5.41) is 6.09. The van der Waals surface area contributed by atoms with Crippen LogP contribution in [-0.2, 0) is 14.3 Å². The van der Waals surface area contributed by atoms with Crippen LogP contribution in [0.2, 0.25) is 0 Å². The van der Waals surface area contributed by atoms with Crippen LogP contribution in [0.25, 0.3) is 0 Å². The number of amides is 2. The van der Waals surface area contributed by atoms with Crippen molar-refractivity contribution in [3.05, 3.63) is 71.0 Å². The second-order valence-corrected chi connectivity index (χ2v) is 11.4. The topological polar surface area (TPSA) is 65.5 Å². The van der Waals surface area contributed by atoms with Gasteiger partial charge in [0.2, 0.25) is 5.91 Å². The molecule has 204 valence electrons. The van der Waals surface area contributed by atoms with Crippen molar-refractivity contribution >= 4 is 17.5 Å². The van der Waals surface area contributed by atoms with Gasteiger partial charge in [0.05, 0.1) is 25.0 Å². The Labute approximate surface area is 225 Å². The summed E-state index contributed by atoms with van der Waals surface area (Å²) in [7, 11) is 0. The second kappa shape index (κ2) is 12.2. The average Bonchev–Trinajstić information content (AvgIpc) is 3.32. The Morgan fingerprint density at radius 3 is 2.42 bits per heavy atom. The summed E-state index contributed by atoms with van der Waals surface area (Å²) in [6, 6.07) is 14.1. The van der Waals surface area contributed by atoms with E-state index in [9.17, 15) is 14.0 Å². The molecule has 2 heterocycles. The lowest BCUT2D eigenvalue weighted by Crippen LogP contribution is -2.47. The molecule has 2 aromatic carbocycles. The fourth-order valence-electron chi connectivity index (χ4n) is 4.83. The zero-order valence-corrected chi connectivity index (χ0v) is 23.0. The number of ether oxygens (including phenoxy) is 1. The minimum atomic E-state index is -0.365. The first-order valence-corrected chi connectivity index (χ1v) is 13.4. The number of halogens is 1. The van der Waals surface area contributed by atoms with Gasteiger partial charge in [-0.15, -0.1) is 0 Å². The zero-order chi connectivity index (χ0) is 27.3. The summed E-state index contributed by atoms with van der Waals surface area (Å²) in [4.78, 5) is 31.0. The lowest BCUT2D eigenvalue weighted by atomic mass is 9.91. The Balaban J connectivity index is 1.58. The van der Waals surface area contributed by atoms with Gasteiger partial charge in [0.25, 0.3) is 5.91 Å². The van der Waals surface area contributed by atoms with Crippen LogP contribution in [0.5, 0.6) is 0 Å². The van der Waals surface area contributed by atoms with Crippen LogP contribution < -0.4 is 0 Å². The highest BCUT2D eigenvalue weighted by Gasteiger charge is 2.35. The number of hydrogen-bond donors (Lipinski definition) is 0. The first kappa shape index (κ1) is 27.9. The molecule has 2 aliphatic heterocycles. The minimum absolute atomic E-state index is 0.0523. The molecule has 2 aromatic rings. The van der Waals surface area contributed by atoms with Crippen molar-refractivity contribution < 1.29 is 18.7 Å². The second-order valence-electron chi connectivity index (χ2n) is 11.4. The molecule has 0 unspecified atom stereocenters. The van der Waals surface area contributed by atoms with Gasteiger partial charge in [-0.3, -0.25) is 14.5 Å². The van der Waals surface area contributed by atoms with E-state index in [-0.39, 0.29) is 35.6 Å². The maximum absolute atomic E-state index is 14.7. The molecule has 0 bridgehead atoms. The number of carbonyl (C=O) groups is 2. The molecule has 7 nitrogen and oxygen atoms in total. The van der Waals surface area contributed by atoms with Gasteiger partial charge in [0, 0.05) is 44.6 Å². The highest BCUT2D eigenvalue weighted by Crippen LogP contribution is 2.34. The van der Waals surface area contributed by atoms with Gasteiger partial charge in [-0.1, -0.05) is 68.8 Å². The highest BCUT2D eigenvalue weighted by molar-refractivity contribution is 6.03. The van der Waals surface area contributed by atoms with Crippen molar-refractivity contribution in [2.24, 2.45) is 10.5 Å². The monoisotopic (exact) mass is 522 g/mol. The van der Waals surface area contributed by atoms with Crippen molar-refractivity contribution in [1.29, 1.82) is 0 Å². The fourth-order valence-corrected chi connectivity index (χ4v) is 4.83. The maximum atomic E-state index is 14.7. The van der Waals surface area contributed by atoms with Crippen LogP contribution >= 0.6 is 0 Å². The average molecular weight is 523 g/mol. The molecule has 1 atom stereocenters. The summed E-state index contributed by atoms with van der Waals surface area (Å²) in [6.07, 6.45) is 0.744. The van der Waals surface area contributed by atoms with E-state index in [0.717, 1.165) is 24.2 Å². The maximum Gasteiger partial charge on any atom is 0.262 e. The van der Waals surface area contributed by atoms with Crippen molar-refractivity contribution in [2.45, 2.75) is 46.6 Å². The van der Waals surface area contributed by atoms with Crippen molar-refractivity contribution in [3.8, 4) is 0 Å². The van der Waals surface area contributed by atoms with E-state index in [1.807, 2.05) is 52.0 Å². The summed E-state index contributed by atoms with van der Waals surface area (Å²) in [5.74, 6) is -0.689. The van der Waals surface area contributed by atoms with E-state index in [1.165, 1.54) is 11.1 Å². The molecular weight excluding hydrogens is 483 g/mol. The van der Waals surface area contributed by atoms with Crippen LogP contribution in [0.15, 0.2) is 53.6 Å². The minimum Gasteiger partial charge on any atom is -0.379 e. The first-order chi connectivity index (χ1) is 18.1. The largest absolute Gasteiger partial charge is 0.379 e. The Bertz CT molecular complexity index is 1150. The normalized spacial score (nSPS) is 18.4. The predicted molar refractivity (Wildman–Crippen MR) is 146 cm³/mol. The van der Waals surface area contributed by atoms with Crippen LogP contribution in [0.4, 0.5) is 4.39 Å². The van der Waals surface area contributed by atoms with E-state index in [4.69, 9.17) is 4.74 Å². The van der Waals surface area contributed by atoms with E-state index in [2.05, 4.69) is 10.0 Å². The Kier molecular flexibility index (Phi) is 8.95. The number of aryl methyl sites for hydroxylation is 1. The molecule has 2 amide bonds. The standard InChI is InChI=1S/C30H39FN4O3/c1-22-9-11-23(12-10-22)27-19-26(24-7-5-6-8-25(24)31)32-35(27)29(37)21-34(28(36)20-30(2,3)4)14-13-33-15-17-38-18-16-33/h5-12,27H,13-21H2,1-4H3/t27-/m0/s1. The van der Waals surface area contributed by atoms with E-state index < -0.39 is 0 Å². The third-order valence-corrected chi connectivity index (χ3v) is 6.96. The number of carbonyl (C=O) groups excluding carboxylic acids is 2. The Hall–Kier alpha value is -3.10. The third kappa shape index (κ3) is 7.26. The molecule has 0 N–H and O–H groups in total. The van der Waals surface area contributed by atoms with Gasteiger partial charge in [-0.2, -0.15) is 5.10 Å². The van der Waals surface area contributed by atoms with Crippen LogP contribution in [0.3, 0.4) is 0 Å². The molecule has 0 aromatic heterocycles. The van der Waals surface area contributed by atoms with Crippen molar-refractivity contribution in [1.82, 2.24) is 14.8 Å². The van der Waals surface area contributed by atoms with Gasteiger partial charge >= 0.3 is 0 Å². The fraction of sp³-hybridized carbons (Fsp3) is 0.500. The molecule has 2 aliphatic rings. The molecule has 0 radical (unpaired) electrons. The molecule has 4 rings (SSSR count). The molecule has 0 aliphatic carbocycles. The number of rotatable bonds is 8. The van der Waals surface area contributed by atoms with E-state index in [1.54, 1.807) is 23.1 Å². The van der Waals surface area contributed by atoms with Gasteiger partial charge in [-0.05, 0) is 24.0 Å². The Morgan fingerprint density at radius 1 is 1.08 bits per heavy atom. The van der Waals surface area contributed by atoms with Gasteiger partial charge in [0.1, 0.15) is 12.4 Å². The summed E-state index contributed by atoms with van der Waals surface area (Å²) in [5.41, 5.74) is 2.77. The van der Waals surface area contributed by atoms with Crippen LogP contribution in [-0.4, -0.2) is 78.3 Å². The molecule has 8 heteroatoms. The molecular formula is C30H39FN4O3. The van der Waals surface area contributed by atoms with Crippen LogP contribution in [0.1, 0.15) is 56.3 Å². The lowest BCUT2D eigenvalue weighted by molar-refractivity contribution is -0.142. The van der Waals surface area contributed by atoms with Crippen LogP contribution in [0, 0.1) is 18.2 Å². The number of nitrogens with zero attached hydrogens (tertiary/aromatic N) is 4. The number of morpholine rings is 1. The Morgan fingerprint density at radius 2 is 1.76 bits per heavy atom. The first-order valence-electron chi connectivity index (χ1n) is 13.4. The predicted octanol–water partition coefficient (Wildman–Crippen LogP) is 4.41. The summed E-state index contributed by atoms with van der Waals surface area (Å²) in [6.45, 7) is 12.1. The molecule has 0 spiro atoms. The molecule has 1 saturated heterocycles.